The van der Waals surface area contributed by atoms with E-state index in [1.165, 1.54) is 0 Å². The van der Waals surface area contributed by atoms with Crippen LogP contribution in [0, 0.1) is 0 Å². The second-order valence-corrected chi connectivity index (χ2v) is 22.7. The zero-order valence-corrected chi connectivity index (χ0v) is 27.5. The summed E-state index contributed by atoms with van der Waals surface area (Å²) in [5.74, 6) is 1.74. The van der Waals surface area contributed by atoms with Gasteiger partial charge in [-0.1, -0.05) is 41.5 Å². The van der Waals surface area contributed by atoms with Gasteiger partial charge >= 0.3 is 5.97 Å². The van der Waals surface area contributed by atoms with E-state index in [0.717, 1.165) is 28.0 Å². The Labute approximate surface area is 235 Å². The summed E-state index contributed by atoms with van der Waals surface area (Å²) in [5, 5.41) is 10.2. The molecule has 0 spiro atoms. The normalized spacial score (nSPS) is 13.5. The van der Waals surface area contributed by atoms with Gasteiger partial charge < -0.3 is 23.1 Å². The Morgan fingerprint density at radius 2 is 1.41 bits per heavy atom. The Morgan fingerprint density at radius 1 is 0.846 bits per heavy atom. The number of carbonyl (C=O) groups is 1. The summed E-state index contributed by atoms with van der Waals surface area (Å²) in [6.07, 6.45) is 1.62. The maximum atomic E-state index is 11.3. The van der Waals surface area contributed by atoms with Gasteiger partial charge in [-0.15, -0.1) is 0 Å². The quantitative estimate of drug-likeness (QED) is 0.215. The van der Waals surface area contributed by atoms with Crippen LogP contribution in [0.2, 0.25) is 36.3 Å². The third-order valence-electron chi connectivity index (χ3n) is 8.12. The lowest BCUT2D eigenvalue weighted by molar-refractivity contribution is -0.132. The van der Waals surface area contributed by atoms with Crippen LogP contribution in [-0.4, -0.2) is 34.8 Å². The molecule has 0 fully saturated rings. The summed E-state index contributed by atoms with van der Waals surface area (Å²) < 4.78 is 25.5. The molecule has 0 saturated heterocycles. The zero-order chi connectivity index (χ0) is 29.6. The molecule has 212 valence electrons. The monoisotopic (exact) mass is 568 g/mol. The molecule has 0 atom stereocenters. The summed E-state index contributed by atoms with van der Waals surface area (Å²) in [5.41, 5.74) is 2.44. The Hall–Kier alpha value is -2.98. The van der Waals surface area contributed by atoms with Crippen LogP contribution in [0.5, 0.6) is 17.2 Å². The molecule has 1 heterocycles. The van der Waals surface area contributed by atoms with Gasteiger partial charge in [-0.2, -0.15) is 0 Å². The van der Waals surface area contributed by atoms with Crippen LogP contribution >= 0.6 is 0 Å². The van der Waals surface area contributed by atoms with E-state index in [1.807, 2.05) is 30.3 Å². The predicted octanol–water partition coefficient (Wildman–Crippen LogP) is 9.36. The standard InChI is InChI=1S/C31H44O6Si2/c1-20(29(32)33)15-21-16-23-19-25(35-28(23)27(17-21)34-8)22-13-14-24(36-38(9,10)30(2,3)4)26(18-22)37-39(11,12)31(5,6)7/h13-19H,1-12H3,(H,32,33). The molecule has 0 saturated carbocycles. The topological polar surface area (TPSA) is 78.1 Å². The number of methoxy groups -OCH3 is 1. The first-order valence-electron chi connectivity index (χ1n) is 13.3. The number of furan rings is 1. The smallest absolute Gasteiger partial charge is 0.331 e. The molecule has 3 aromatic rings. The fraction of sp³-hybridized carbons (Fsp3) is 0.452. The van der Waals surface area contributed by atoms with E-state index in [0.29, 0.717) is 17.1 Å². The molecule has 3 rings (SSSR count). The molecule has 2 aromatic carbocycles. The van der Waals surface area contributed by atoms with E-state index in [4.69, 9.17) is 18.0 Å². The fourth-order valence-electron chi connectivity index (χ4n) is 3.51. The highest BCUT2D eigenvalue weighted by Gasteiger charge is 2.42. The van der Waals surface area contributed by atoms with Crippen molar-refractivity contribution >= 4 is 39.6 Å². The molecule has 0 unspecified atom stereocenters. The maximum absolute atomic E-state index is 11.3. The average molecular weight is 569 g/mol. The zero-order valence-electron chi connectivity index (χ0n) is 25.5. The van der Waals surface area contributed by atoms with Gasteiger partial charge in [-0.3, -0.25) is 0 Å². The van der Waals surface area contributed by atoms with Crippen molar-refractivity contribution in [2.24, 2.45) is 0 Å². The Balaban J connectivity index is 2.16. The van der Waals surface area contributed by atoms with Gasteiger partial charge in [0.1, 0.15) is 17.3 Å². The number of hydrogen-bond donors (Lipinski definition) is 1. The molecule has 0 aliphatic heterocycles. The minimum absolute atomic E-state index is 0.0159. The highest BCUT2D eigenvalue weighted by Crippen LogP contribution is 2.45. The highest BCUT2D eigenvalue weighted by molar-refractivity contribution is 6.75. The molecule has 0 aliphatic rings. The van der Waals surface area contributed by atoms with Crippen molar-refractivity contribution in [1.82, 2.24) is 0 Å². The lowest BCUT2D eigenvalue weighted by Gasteiger charge is -2.39. The number of rotatable bonds is 8. The molecule has 0 radical (unpaired) electrons. The third-order valence-corrected chi connectivity index (χ3v) is 16.8. The van der Waals surface area contributed by atoms with Gasteiger partial charge in [-0.05, 0) is 91.2 Å². The van der Waals surface area contributed by atoms with Crippen molar-refractivity contribution < 1.29 is 27.9 Å². The molecule has 0 amide bonds. The molecule has 0 bridgehead atoms. The molecular formula is C31H44O6Si2. The van der Waals surface area contributed by atoms with Crippen LogP contribution in [0.1, 0.15) is 54.0 Å². The Bertz CT molecular complexity index is 1400. The van der Waals surface area contributed by atoms with Gasteiger partial charge in [0.05, 0.1) is 7.11 Å². The third kappa shape index (κ3) is 6.61. The highest BCUT2D eigenvalue weighted by atomic mass is 28.4. The Kier molecular flexibility index (Phi) is 8.26. The predicted molar refractivity (Wildman–Crippen MR) is 165 cm³/mol. The van der Waals surface area contributed by atoms with Crippen LogP contribution in [-0.2, 0) is 4.79 Å². The minimum Gasteiger partial charge on any atom is -0.541 e. The van der Waals surface area contributed by atoms with Crippen molar-refractivity contribution in [3.8, 4) is 28.6 Å². The molecule has 6 nitrogen and oxygen atoms in total. The van der Waals surface area contributed by atoms with Gasteiger partial charge in [-0.25, -0.2) is 4.79 Å². The van der Waals surface area contributed by atoms with Crippen LogP contribution < -0.4 is 13.6 Å². The molecular weight excluding hydrogens is 525 g/mol. The number of hydrogen-bond acceptors (Lipinski definition) is 5. The molecule has 0 aliphatic carbocycles. The minimum atomic E-state index is -2.17. The summed E-state index contributed by atoms with van der Waals surface area (Å²) in [4.78, 5) is 11.3. The SMILES string of the molecule is COc1cc(C=C(C)C(=O)O)cc2cc(-c3ccc(O[Si](C)(C)C(C)(C)C)c(O[Si](C)(C)C(C)(C)C)c3)oc12. The van der Waals surface area contributed by atoms with Crippen molar-refractivity contribution in [1.29, 1.82) is 0 Å². The van der Waals surface area contributed by atoms with E-state index in [2.05, 4.69) is 67.7 Å². The van der Waals surface area contributed by atoms with Crippen molar-refractivity contribution in [2.45, 2.75) is 84.7 Å². The van der Waals surface area contributed by atoms with E-state index in [-0.39, 0.29) is 15.6 Å². The van der Waals surface area contributed by atoms with E-state index in [1.54, 1.807) is 26.2 Å². The lowest BCUT2D eigenvalue weighted by Crippen LogP contribution is -2.45. The fourth-order valence-corrected chi connectivity index (χ4v) is 5.55. The van der Waals surface area contributed by atoms with Gasteiger partial charge in [0.2, 0.25) is 0 Å². The number of carboxylic acid groups (broad SMARTS) is 1. The summed E-state index contributed by atoms with van der Waals surface area (Å²) in [7, 11) is -2.71. The molecule has 1 aromatic heterocycles. The number of carboxylic acids is 1. The van der Waals surface area contributed by atoms with Gasteiger partial charge in [0, 0.05) is 16.5 Å². The van der Waals surface area contributed by atoms with Crippen LogP contribution in [0.4, 0.5) is 0 Å². The molecule has 8 heteroatoms. The first-order chi connectivity index (χ1) is 17.8. The van der Waals surface area contributed by atoms with Crippen molar-refractivity contribution in [3.63, 3.8) is 0 Å². The molecule has 39 heavy (non-hydrogen) atoms. The number of benzene rings is 2. The average Bonchev–Trinajstić information content (AvgIpc) is 3.22. The largest absolute Gasteiger partial charge is 0.541 e. The van der Waals surface area contributed by atoms with E-state index < -0.39 is 22.6 Å². The van der Waals surface area contributed by atoms with Gasteiger partial charge in [0.25, 0.3) is 16.6 Å². The van der Waals surface area contributed by atoms with E-state index in [9.17, 15) is 9.90 Å². The number of fused-ring (bicyclic) bond motifs is 1. The summed E-state index contributed by atoms with van der Waals surface area (Å²) in [6.45, 7) is 23.9. The molecule has 1 N–H and O–H groups in total. The summed E-state index contributed by atoms with van der Waals surface area (Å²) >= 11 is 0. The van der Waals surface area contributed by atoms with Crippen LogP contribution in [0.15, 0.2) is 46.4 Å². The first kappa shape index (κ1) is 30.6. The maximum Gasteiger partial charge on any atom is 0.331 e. The number of aliphatic carboxylic acids is 1. The number of ether oxygens (including phenoxy) is 1. The van der Waals surface area contributed by atoms with Crippen LogP contribution in [0.3, 0.4) is 0 Å². The first-order valence-corrected chi connectivity index (χ1v) is 19.1. The lowest BCUT2D eigenvalue weighted by atomic mass is 10.1. The summed E-state index contributed by atoms with van der Waals surface area (Å²) in [6, 6.07) is 11.6. The second kappa shape index (κ2) is 10.5. The van der Waals surface area contributed by atoms with Gasteiger partial charge in [0.15, 0.2) is 11.3 Å². The van der Waals surface area contributed by atoms with E-state index >= 15 is 0 Å². The Morgan fingerprint density at radius 3 is 1.92 bits per heavy atom. The van der Waals surface area contributed by atoms with Crippen molar-refractivity contribution in [2.75, 3.05) is 7.11 Å². The van der Waals surface area contributed by atoms with Crippen molar-refractivity contribution in [3.05, 3.63) is 47.5 Å². The second-order valence-electron chi connectivity index (χ2n) is 13.3. The van der Waals surface area contributed by atoms with Crippen LogP contribution in [0.25, 0.3) is 28.4 Å².